The summed E-state index contributed by atoms with van der Waals surface area (Å²) in [5, 5.41) is 11.9. The van der Waals surface area contributed by atoms with Crippen LogP contribution in [0.1, 0.15) is 6.92 Å². The number of halogens is 1. The van der Waals surface area contributed by atoms with Gasteiger partial charge in [-0.25, -0.2) is 0 Å². The first-order valence-electron chi connectivity index (χ1n) is 4.90. The number of hydrogen-bond donors (Lipinski definition) is 2. The van der Waals surface area contributed by atoms with E-state index in [4.69, 9.17) is 21.4 Å². The molecule has 0 radical (unpaired) electrons. The third-order valence-electron chi connectivity index (χ3n) is 1.85. The normalized spacial score (nSPS) is 11.9. The maximum absolute atomic E-state index is 11.3. The summed E-state index contributed by atoms with van der Waals surface area (Å²) in [6.07, 6.45) is 0. The lowest BCUT2D eigenvalue weighted by Crippen LogP contribution is -2.38. The molecule has 1 rings (SSSR count). The predicted molar refractivity (Wildman–Crippen MR) is 61.6 cm³/mol. The summed E-state index contributed by atoms with van der Waals surface area (Å²) in [6, 6.07) is 6.54. The van der Waals surface area contributed by atoms with Gasteiger partial charge in [-0.15, -0.1) is 0 Å². The maximum atomic E-state index is 11.3. The molecule has 1 aromatic carbocycles. The van der Waals surface area contributed by atoms with Crippen LogP contribution in [-0.4, -0.2) is 30.3 Å². The molecule has 0 aliphatic rings. The molecule has 0 saturated heterocycles. The molecule has 5 heteroatoms. The predicted octanol–water partition coefficient (Wildman–Crippen LogP) is 1.22. The number of ether oxygens (including phenoxy) is 1. The summed E-state index contributed by atoms with van der Waals surface area (Å²) < 4.78 is 5.22. The van der Waals surface area contributed by atoms with Crippen molar-refractivity contribution >= 4 is 17.5 Å². The van der Waals surface area contributed by atoms with Crippen LogP contribution < -0.4 is 10.1 Å². The lowest BCUT2D eigenvalue weighted by Gasteiger charge is -2.11. The summed E-state index contributed by atoms with van der Waals surface area (Å²) in [5.74, 6) is 0.265. The van der Waals surface area contributed by atoms with Crippen molar-refractivity contribution in [2.24, 2.45) is 0 Å². The molecule has 0 aliphatic heterocycles. The lowest BCUT2D eigenvalue weighted by atomic mass is 10.3. The van der Waals surface area contributed by atoms with E-state index in [1.807, 2.05) is 0 Å². The second-order valence-electron chi connectivity index (χ2n) is 3.40. The summed E-state index contributed by atoms with van der Waals surface area (Å²) >= 11 is 5.75. The smallest absolute Gasteiger partial charge is 0.258 e. The van der Waals surface area contributed by atoms with Gasteiger partial charge in [-0.1, -0.05) is 17.7 Å². The first kappa shape index (κ1) is 12.8. The average Bonchev–Trinajstić information content (AvgIpc) is 2.26. The third-order valence-corrected chi connectivity index (χ3v) is 2.08. The van der Waals surface area contributed by atoms with Gasteiger partial charge in [0.05, 0.1) is 6.61 Å². The molecule has 1 unspecified atom stereocenters. The van der Waals surface area contributed by atoms with Crippen molar-refractivity contribution in [2.45, 2.75) is 13.0 Å². The fourth-order valence-corrected chi connectivity index (χ4v) is 1.25. The largest absolute Gasteiger partial charge is 0.484 e. The molecule has 0 fully saturated rings. The molecular weight excluding hydrogens is 230 g/mol. The number of carbonyl (C=O) groups is 1. The van der Waals surface area contributed by atoms with Gasteiger partial charge < -0.3 is 15.2 Å². The van der Waals surface area contributed by atoms with E-state index < -0.39 is 0 Å². The quantitative estimate of drug-likeness (QED) is 0.818. The molecule has 16 heavy (non-hydrogen) atoms. The molecule has 2 N–H and O–H groups in total. The standard InChI is InChI=1S/C11H14ClNO3/c1-8(6-14)13-11(15)7-16-10-4-2-3-9(12)5-10/h2-5,8,14H,6-7H2,1H3,(H,13,15). The highest BCUT2D eigenvalue weighted by atomic mass is 35.5. The van der Waals surface area contributed by atoms with E-state index in [1.165, 1.54) is 0 Å². The Morgan fingerprint density at radius 2 is 2.38 bits per heavy atom. The van der Waals surface area contributed by atoms with Crippen LogP contribution in [0.4, 0.5) is 0 Å². The number of amides is 1. The van der Waals surface area contributed by atoms with Gasteiger partial charge in [0.1, 0.15) is 5.75 Å². The van der Waals surface area contributed by atoms with Crippen LogP contribution in [0, 0.1) is 0 Å². The number of benzene rings is 1. The Morgan fingerprint density at radius 3 is 3.00 bits per heavy atom. The Morgan fingerprint density at radius 1 is 1.62 bits per heavy atom. The molecular formula is C11H14ClNO3. The van der Waals surface area contributed by atoms with Crippen LogP contribution in [-0.2, 0) is 4.79 Å². The van der Waals surface area contributed by atoms with E-state index in [9.17, 15) is 4.79 Å². The molecule has 0 heterocycles. The first-order valence-corrected chi connectivity index (χ1v) is 5.28. The van der Waals surface area contributed by atoms with E-state index in [0.29, 0.717) is 10.8 Å². The molecule has 1 aromatic rings. The molecule has 88 valence electrons. The number of aliphatic hydroxyl groups excluding tert-OH is 1. The number of aliphatic hydroxyl groups is 1. The molecule has 1 amide bonds. The average molecular weight is 244 g/mol. The minimum absolute atomic E-state index is 0.0926. The van der Waals surface area contributed by atoms with E-state index in [0.717, 1.165) is 0 Å². The van der Waals surface area contributed by atoms with E-state index >= 15 is 0 Å². The summed E-state index contributed by atoms with van der Waals surface area (Å²) in [5.41, 5.74) is 0. The van der Waals surface area contributed by atoms with Gasteiger partial charge in [-0.05, 0) is 25.1 Å². The number of rotatable bonds is 5. The van der Waals surface area contributed by atoms with Crippen molar-refractivity contribution in [3.05, 3.63) is 29.3 Å². The highest BCUT2D eigenvalue weighted by molar-refractivity contribution is 6.30. The number of hydrogen-bond acceptors (Lipinski definition) is 3. The fraction of sp³-hybridized carbons (Fsp3) is 0.364. The molecule has 0 bridgehead atoms. The van der Waals surface area contributed by atoms with Crippen LogP contribution in [0.15, 0.2) is 24.3 Å². The zero-order chi connectivity index (χ0) is 12.0. The Labute approximate surface area is 99.2 Å². The van der Waals surface area contributed by atoms with Crippen molar-refractivity contribution in [3.8, 4) is 5.75 Å². The highest BCUT2D eigenvalue weighted by Crippen LogP contribution is 2.16. The van der Waals surface area contributed by atoms with Crippen LogP contribution in [0.5, 0.6) is 5.75 Å². The topological polar surface area (TPSA) is 58.6 Å². The zero-order valence-corrected chi connectivity index (χ0v) is 9.70. The van der Waals surface area contributed by atoms with Gasteiger partial charge in [-0.3, -0.25) is 4.79 Å². The Bertz CT molecular complexity index is 357. The summed E-state index contributed by atoms with van der Waals surface area (Å²) in [4.78, 5) is 11.3. The van der Waals surface area contributed by atoms with Crippen LogP contribution >= 0.6 is 11.6 Å². The van der Waals surface area contributed by atoms with E-state index in [2.05, 4.69) is 5.32 Å². The van der Waals surface area contributed by atoms with Crippen molar-refractivity contribution in [1.29, 1.82) is 0 Å². The SMILES string of the molecule is CC(CO)NC(=O)COc1cccc(Cl)c1. The zero-order valence-electron chi connectivity index (χ0n) is 8.94. The summed E-state index contributed by atoms with van der Waals surface area (Å²) in [7, 11) is 0. The molecule has 0 aromatic heterocycles. The van der Waals surface area contributed by atoms with E-state index in [1.54, 1.807) is 31.2 Å². The van der Waals surface area contributed by atoms with Crippen LogP contribution in [0.25, 0.3) is 0 Å². The van der Waals surface area contributed by atoms with Crippen molar-refractivity contribution < 1.29 is 14.6 Å². The maximum Gasteiger partial charge on any atom is 0.258 e. The molecule has 4 nitrogen and oxygen atoms in total. The third kappa shape index (κ3) is 4.51. The van der Waals surface area contributed by atoms with Gasteiger partial charge in [0, 0.05) is 11.1 Å². The first-order chi connectivity index (χ1) is 7.61. The van der Waals surface area contributed by atoms with Gasteiger partial charge in [0.15, 0.2) is 6.61 Å². The van der Waals surface area contributed by atoms with Gasteiger partial charge >= 0.3 is 0 Å². The lowest BCUT2D eigenvalue weighted by molar-refractivity contribution is -0.123. The van der Waals surface area contributed by atoms with Crippen molar-refractivity contribution in [2.75, 3.05) is 13.2 Å². The Balaban J connectivity index is 2.37. The number of nitrogens with one attached hydrogen (secondary N) is 1. The van der Waals surface area contributed by atoms with Gasteiger partial charge in [-0.2, -0.15) is 0 Å². The molecule has 0 spiro atoms. The van der Waals surface area contributed by atoms with Gasteiger partial charge in [0.25, 0.3) is 5.91 Å². The highest BCUT2D eigenvalue weighted by Gasteiger charge is 2.06. The second-order valence-corrected chi connectivity index (χ2v) is 3.83. The molecule has 1 atom stereocenters. The van der Waals surface area contributed by atoms with Crippen LogP contribution in [0.3, 0.4) is 0 Å². The molecule has 0 saturated carbocycles. The Kier molecular flexibility index (Phi) is 5.08. The van der Waals surface area contributed by atoms with E-state index in [-0.39, 0.29) is 25.2 Å². The fourth-order valence-electron chi connectivity index (χ4n) is 1.07. The van der Waals surface area contributed by atoms with Crippen molar-refractivity contribution in [3.63, 3.8) is 0 Å². The summed E-state index contributed by atoms with van der Waals surface area (Å²) in [6.45, 7) is 1.52. The van der Waals surface area contributed by atoms with Gasteiger partial charge in [0.2, 0.25) is 0 Å². The minimum atomic E-state index is -0.276. The monoisotopic (exact) mass is 243 g/mol. The molecule has 0 aliphatic carbocycles. The van der Waals surface area contributed by atoms with Crippen LogP contribution in [0.2, 0.25) is 5.02 Å². The minimum Gasteiger partial charge on any atom is -0.484 e. The van der Waals surface area contributed by atoms with Crippen molar-refractivity contribution in [1.82, 2.24) is 5.32 Å². The number of carbonyl (C=O) groups excluding carboxylic acids is 1. The Hall–Kier alpha value is -1.26. The second kappa shape index (κ2) is 6.35.